The zero-order valence-electron chi connectivity index (χ0n) is 40.7. The summed E-state index contributed by atoms with van der Waals surface area (Å²) in [5.41, 5.74) is 12.4. The second-order valence-corrected chi connectivity index (χ2v) is 21.4. The van der Waals surface area contributed by atoms with E-state index in [0.717, 1.165) is 118 Å². The first kappa shape index (κ1) is 45.7. The lowest BCUT2D eigenvalue weighted by Crippen LogP contribution is -2.41. The predicted octanol–water partition coefficient (Wildman–Crippen LogP) is 10.0. The van der Waals surface area contributed by atoms with E-state index in [4.69, 9.17) is 21.8 Å². The molecule has 1 aliphatic carbocycles. The van der Waals surface area contributed by atoms with E-state index in [9.17, 15) is 18.8 Å². The summed E-state index contributed by atoms with van der Waals surface area (Å²) in [5.74, 6) is 0.815. The Labute approximate surface area is 419 Å². The Morgan fingerprint density at radius 1 is 0.789 bits per heavy atom. The van der Waals surface area contributed by atoms with Crippen molar-refractivity contribution in [3.8, 4) is 17.2 Å². The molecule has 71 heavy (non-hydrogen) atoms. The van der Waals surface area contributed by atoms with Gasteiger partial charge < -0.3 is 24.5 Å². The number of fused-ring (bicyclic) bond motifs is 3. The van der Waals surface area contributed by atoms with Gasteiger partial charge in [-0.25, -0.2) is 8.78 Å². The van der Waals surface area contributed by atoms with E-state index in [-0.39, 0.29) is 17.5 Å². The number of hydrogen-bond donors (Lipinski definition) is 0. The van der Waals surface area contributed by atoms with E-state index >= 15 is 0 Å². The van der Waals surface area contributed by atoms with Gasteiger partial charge in [-0.15, -0.1) is 0 Å². The molecule has 1 atom stereocenters. The maximum absolute atomic E-state index is 14.8. The van der Waals surface area contributed by atoms with E-state index in [0.29, 0.717) is 59.2 Å². The van der Waals surface area contributed by atoms with Crippen LogP contribution in [0.2, 0.25) is 5.02 Å². The molecule has 6 aromatic rings. The first-order chi connectivity index (χ1) is 34.5. The molecule has 1 spiro atoms. The van der Waals surface area contributed by atoms with Gasteiger partial charge >= 0.3 is 0 Å². The number of aryl methyl sites for hydroxylation is 2. The number of amides is 1. The molecule has 12 rings (SSSR count). The summed E-state index contributed by atoms with van der Waals surface area (Å²) >= 11 is 6.39. The maximum Gasteiger partial charge on any atom is 0.264 e. The van der Waals surface area contributed by atoms with E-state index in [1.807, 2.05) is 29.2 Å². The monoisotopic (exact) mass is 978 g/mol. The molecule has 1 unspecified atom stereocenters. The van der Waals surface area contributed by atoms with Gasteiger partial charge in [-0.05, 0) is 141 Å². The number of rotatable bonds is 8. The smallest absolute Gasteiger partial charge is 0.264 e. The van der Waals surface area contributed by atoms with Gasteiger partial charge in [-0.2, -0.15) is 20.6 Å². The van der Waals surface area contributed by atoms with Gasteiger partial charge in [-0.1, -0.05) is 11.6 Å². The van der Waals surface area contributed by atoms with Gasteiger partial charge in [0.15, 0.2) is 5.82 Å². The Morgan fingerprint density at radius 3 is 2.21 bits per heavy atom. The summed E-state index contributed by atoms with van der Waals surface area (Å²) in [4.78, 5) is 24.3. The summed E-state index contributed by atoms with van der Waals surface area (Å²) in [6.45, 7) is 9.52. The number of halogens is 3. The molecule has 0 bridgehead atoms. The van der Waals surface area contributed by atoms with Crippen LogP contribution in [-0.2, 0) is 44.1 Å². The SMILES string of the molecule is CC(=O)N1CCc2c(c(N3CCCc4cc(-c5cnn(C)c5)c(C(F)F)cc43)nn2C2CCc3c(cnn3C3CCN(c4ccc(N5CCC6(CC5)CCN(c5ccc(C#N)c(Cl)c5)C6)cc4)CC3)C2)C1. The Morgan fingerprint density at radius 2 is 1.52 bits per heavy atom. The molecule has 3 fully saturated rings. The molecule has 0 N–H and O–H groups in total. The fourth-order valence-electron chi connectivity index (χ4n) is 13.0. The highest BCUT2D eigenvalue weighted by Crippen LogP contribution is 2.46. The predicted molar refractivity (Wildman–Crippen MR) is 273 cm³/mol. The number of nitrogens with zero attached hydrogens (tertiary/aromatic N) is 12. The Kier molecular flexibility index (Phi) is 11.8. The third-order valence-electron chi connectivity index (χ3n) is 17.0. The van der Waals surface area contributed by atoms with Gasteiger partial charge in [0.1, 0.15) is 6.07 Å². The number of benzene rings is 3. The average Bonchev–Trinajstić information content (AvgIpc) is 4.21. The fourth-order valence-corrected chi connectivity index (χ4v) is 13.2. The van der Waals surface area contributed by atoms with E-state index in [1.165, 1.54) is 41.9 Å². The van der Waals surface area contributed by atoms with Crippen LogP contribution < -0.4 is 19.6 Å². The zero-order valence-corrected chi connectivity index (χ0v) is 41.5. The first-order valence-corrected chi connectivity index (χ1v) is 26.1. The average molecular weight is 980 g/mol. The van der Waals surface area contributed by atoms with Crippen molar-refractivity contribution in [2.75, 3.05) is 72.0 Å². The normalized spacial score (nSPS) is 20.1. The summed E-state index contributed by atoms with van der Waals surface area (Å²) in [6, 6.07) is 21.3. The Hall–Kier alpha value is -6.40. The third-order valence-corrected chi connectivity index (χ3v) is 17.3. The largest absolute Gasteiger partial charge is 0.371 e. The lowest BCUT2D eigenvalue weighted by atomic mass is 9.77. The molecule has 13 nitrogen and oxygen atoms in total. The number of piperidine rings is 2. The highest BCUT2D eigenvalue weighted by atomic mass is 35.5. The first-order valence-electron chi connectivity index (χ1n) is 25.7. The minimum atomic E-state index is -2.66. The van der Waals surface area contributed by atoms with Crippen LogP contribution in [-0.4, -0.2) is 92.5 Å². The third kappa shape index (κ3) is 8.39. The topological polar surface area (TPSA) is 111 Å². The van der Waals surface area contributed by atoms with Crippen molar-refractivity contribution < 1.29 is 13.6 Å². The molecule has 6 aliphatic rings. The Balaban J connectivity index is 0.703. The summed E-state index contributed by atoms with van der Waals surface area (Å²) in [6.07, 6.45) is 13.5. The number of anilines is 5. The molecule has 0 radical (unpaired) electrons. The van der Waals surface area contributed by atoms with Crippen molar-refractivity contribution in [1.82, 2.24) is 34.2 Å². The molecule has 3 aromatic heterocycles. The van der Waals surface area contributed by atoms with Crippen LogP contribution in [0, 0.1) is 16.7 Å². The molecule has 368 valence electrons. The molecule has 0 saturated carbocycles. The van der Waals surface area contributed by atoms with Gasteiger partial charge in [0.25, 0.3) is 6.43 Å². The highest BCUT2D eigenvalue weighted by Gasteiger charge is 2.41. The number of hydrogen-bond acceptors (Lipinski definition) is 9. The summed E-state index contributed by atoms with van der Waals surface area (Å²) in [7, 11) is 1.80. The van der Waals surface area contributed by atoms with Crippen LogP contribution in [0.1, 0.15) is 110 Å². The van der Waals surface area contributed by atoms with Gasteiger partial charge in [0.05, 0.1) is 41.6 Å². The standard InChI is InChI=1S/C55H61ClF2N12O/c1-36(71)66-22-15-51-48(34-66)54(68-19-3-4-37-27-46(40-32-60-63(2)33-40)47(53(57)58)29-52(37)68)62-70(51)45-11-12-50-39(26-45)31-61-69(50)43-13-20-64(21-14-43)41-7-9-42(10-8-41)65-23-16-55(17-24-65)18-25-67(35-55)44-6-5-38(30-59)49(56)28-44/h5-10,27-29,31-33,43,45,53H,3-4,11-26,34-35H2,1-2H3. The van der Waals surface area contributed by atoms with Crippen LogP contribution in [0.4, 0.5) is 37.3 Å². The second-order valence-electron chi connectivity index (χ2n) is 21.0. The van der Waals surface area contributed by atoms with Gasteiger partial charge in [0, 0.05) is 130 Å². The molecule has 3 saturated heterocycles. The minimum Gasteiger partial charge on any atom is -0.371 e. The number of nitriles is 1. The number of carbonyl (C=O) groups is 1. The van der Waals surface area contributed by atoms with Crippen LogP contribution in [0.15, 0.2) is 73.2 Å². The lowest BCUT2D eigenvalue weighted by molar-refractivity contribution is -0.129. The zero-order chi connectivity index (χ0) is 48.5. The molecule has 3 aromatic carbocycles. The lowest BCUT2D eigenvalue weighted by Gasteiger charge is -2.40. The molecule has 1 amide bonds. The highest BCUT2D eigenvalue weighted by molar-refractivity contribution is 6.32. The van der Waals surface area contributed by atoms with Crippen molar-refractivity contribution in [1.29, 1.82) is 5.26 Å². The number of aromatic nitrogens is 6. The maximum atomic E-state index is 14.8. The van der Waals surface area contributed by atoms with Crippen molar-refractivity contribution in [2.45, 2.75) is 103 Å². The van der Waals surface area contributed by atoms with Crippen molar-refractivity contribution in [3.63, 3.8) is 0 Å². The molecule has 16 heteroatoms. The summed E-state index contributed by atoms with van der Waals surface area (Å²) in [5, 5.41) is 24.6. The molecular formula is C55H61ClF2N12O. The van der Waals surface area contributed by atoms with Crippen molar-refractivity contribution in [3.05, 3.63) is 117 Å². The van der Waals surface area contributed by atoms with Crippen LogP contribution in [0.3, 0.4) is 0 Å². The molecule has 5 aliphatic heterocycles. The van der Waals surface area contributed by atoms with E-state index in [2.05, 4.69) is 70.6 Å². The fraction of sp³-hybridized carbons (Fsp3) is 0.473. The van der Waals surface area contributed by atoms with Gasteiger partial charge in [0.2, 0.25) is 5.91 Å². The summed E-state index contributed by atoms with van der Waals surface area (Å²) < 4.78 is 35.9. The minimum absolute atomic E-state index is 0.00677. The Bertz CT molecular complexity index is 3030. The van der Waals surface area contributed by atoms with E-state index < -0.39 is 6.43 Å². The van der Waals surface area contributed by atoms with Crippen molar-refractivity contribution >= 4 is 46.1 Å². The quantitative estimate of drug-likeness (QED) is 0.147. The molecular weight excluding hydrogens is 918 g/mol. The second kappa shape index (κ2) is 18.3. The van der Waals surface area contributed by atoms with Crippen LogP contribution in [0.5, 0.6) is 0 Å². The van der Waals surface area contributed by atoms with Crippen molar-refractivity contribution in [2.24, 2.45) is 12.5 Å². The van der Waals surface area contributed by atoms with E-state index in [1.54, 1.807) is 37.1 Å². The molecule has 8 heterocycles. The van der Waals surface area contributed by atoms with Crippen LogP contribution in [0.25, 0.3) is 11.1 Å². The van der Waals surface area contributed by atoms with Gasteiger partial charge in [-0.3, -0.25) is 18.8 Å². The number of carbonyl (C=O) groups excluding carboxylic acids is 1. The van der Waals surface area contributed by atoms with Crippen LogP contribution >= 0.6 is 11.6 Å². The number of alkyl halides is 2.